The molecule has 0 saturated carbocycles. The van der Waals surface area contributed by atoms with Crippen LogP contribution in [0.25, 0.3) is 5.69 Å². The van der Waals surface area contributed by atoms with Crippen molar-refractivity contribution in [2.24, 2.45) is 0 Å². The van der Waals surface area contributed by atoms with Gasteiger partial charge in [-0.3, -0.25) is 4.79 Å². The molecule has 36 heavy (non-hydrogen) atoms. The van der Waals surface area contributed by atoms with Crippen LogP contribution in [0, 0.1) is 11.8 Å². The molecule has 1 aliphatic carbocycles. The number of carbonyl (C=O) groups is 1. The van der Waals surface area contributed by atoms with E-state index in [1.54, 1.807) is 0 Å². The summed E-state index contributed by atoms with van der Waals surface area (Å²) in [5.41, 5.74) is 0.905. The summed E-state index contributed by atoms with van der Waals surface area (Å²) in [6.07, 6.45) is -3.94. The van der Waals surface area contributed by atoms with Crippen molar-refractivity contribution < 1.29 is 36.6 Å². The van der Waals surface area contributed by atoms with Crippen LogP contribution >= 0.6 is 0 Å². The van der Waals surface area contributed by atoms with Crippen LogP contribution in [-0.4, -0.2) is 44.7 Å². The summed E-state index contributed by atoms with van der Waals surface area (Å²) in [5, 5.41) is 17.1. The number of nitrogens with two attached hydrogens (primary N) is 1. The van der Waals surface area contributed by atoms with E-state index >= 15 is 0 Å². The minimum atomic E-state index is -5.17. The second-order valence-corrected chi connectivity index (χ2v) is 9.13. The number of nitrogen functional groups attached to an aromatic ring is 1. The number of fused-ring (bicyclic) bond motifs is 1. The van der Waals surface area contributed by atoms with Gasteiger partial charge in [0.15, 0.2) is 17.2 Å². The highest BCUT2D eigenvalue weighted by atomic mass is 19.4. The number of nitrogens with zero attached hydrogens (tertiary/aromatic N) is 3. The summed E-state index contributed by atoms with van der Waals surface area (Å²) in [4.78, 5) is 16.5. The first-order valence-corrected chi connectivity index (χ1v) is 10.6. The molecule has 0 spiro atoms. The Kier molecular flexibility index (Phi) is 5.94. The zero-order chi connectivity index (χ0) is 26.6. The Bertz CT molecular complexity index is 1340. The Morgan fingerprint density at radius 3 is 2.58 bits per heavy atom. The van der Waals surface area contributed by atoms with E-state index in [-0.39, 0.29) is 33.9 Å². The number of rotatable bonds is 4. The van der Waals surface area contributed by atoms with Crippen molar-refractivity contribution in [1.29, 1.82) is 0 Å². The molecule has 4 N–H and O–H groups in total. The number of methoxy groups -OCH3 is 1. The van der Waals surface area contributed by atoms with Crippen molar-refractivity contribution in [1.82, 2.24) is 20.1 Å². The molecule has 2 aromatic heterocycles. The number of halogens is 5. The van der Waals surface area contributed by atoms with E-state index in [0.29, 0.717) is 0 Å². The van der Waals surface area contributed by atoms with Crippen LogP contribution in [0.3, 0.4) is 0 Å². The van der Waals surface area contributed by atoms with E-state index < -0.39 is 47.3 Å². The summed E-state index contributed by atoms with van der Waals surface area (Å²) in [7, 11) is 1.17. The normalized spacial score (nSPS) is 21.1. The molecular weight excluding hydrogens is 489 g/mol. The van der Waals surface area contributed by atoms with Crippen LogP contribution in [0.2, 0.25) is 0 Å². The predicted molar refractivity (Wildman–Crippen MR) is 118 cm³/mol. The number of aromatic nitrogens is 3. The van der Waals surface area contributed by atoms with Gasteiger partial charge in [0.25, 0.3) is 5.91 Å². The van der Waals surface area contributed by atoms with E-state index in [4.69, 9.17) is 10.5 Å². The lowest BCUT2D eigenvalue weighted by molar-refractivity contribution is -0.280. The highest BCUT2D eigenvalue weighted by Crippen LogP contribution is 2.55. The third kappa shape index (κ3) is 3.92. The zero-order valence-corrected chi connectivity index (χ0v) is 19.3. The molecule has 1 aliphatic rings. The van der Waals surface area contributed by atoms with E-state index in [2.05, 4.69) is 15.4 Å². The van der Waals surface area contributed by atoms with Gasteiger partial charge in [-0.05, 0) is 29.5 Å². The molecule has 0 saturated heterocycles. The van der Waals surface area contributed by atoms with Crippen LogP contribution in [0.15, 0.2) is 36.7 Å². The fourth-order valence-corrected chi connectivity index (χ4v) is 4.76. The number of aliphatic hydroxyl groups is 1. The molecule has 2 atom stereocenters. The molecule has 13 heteroatoms. The molecule has 1 amide bonds. The predicted octanol–water partition coefficient (Wildman–Crippen LogP) is 3.58. The molecule has 0 unspecified atom stereocenters. The van der Waals surface area contributed by atoms with Gasteiger partial charge in [-0.25, -0.2) is 14.1 Å². The van der Waals surface area contributed by atoms with Crippen molar-refractivity contribution in [3.63, 3.8) is 0 Å². The monoisotopic (exact) mass is 511 g/mol. The smallest absolute Gasteiger partial charge is 0.419 e. The molecule has 4 rings (SSSR count). The molecule has 2 heterocycles. The third-order valence-corrected chi connectivity index (χ3v) is 6.29. The van der Waals surface area contributed by atoms with Crippen LogP contribution in [0.1, 0.15) is 47.8 Å². The van der Waals surface area contributed by atoms with Gasteiger partial charge in [-0.15, -0.1) is 0 Å². The third-order valence-electron chi connectivity index (χ3n) is 6.29. The average Bonchev–Trinajstić information content (AvgIpc) is 3.16. The fraction of sp³-hybridized carbons (Fsp3) is 0.348. The lowest BCUT2D eigenvalue weighted by Crippen LogP contribution is -2.60. The van der Waals surface area contributed by atoms with Crippen LogP contribution < -0.4 is 15.8 Å². The van der Waals surface area contributed by atoms with Gasteiger partial charge in [0.05, 0.1) is 25.0 Å². The van der Waals surface area contributed by atoms with Gasteiger partial charge >= 0.3 is 6.18 Å². The van der Waals surface area contributed by atoms with Crippen LogP contribution in [0.5, 0.6) is 5.75 Å². The van der Waals surface area contributed by atoms with Crippen LogP contribution in [0.4, 0.5) is 27.8 Å². The van der Waals surface area contributed by atoms with Crippen molar-refractivity contribution in [3.05, 3.63) is 65.1 Å². The van der Waals surface area contributed by atoms with Gasteiger partial charge in [0.2, 0.25) is 5.95 Å². The molecule has 1 aromatic carbocycles. The number of ether oxygens (including phenoxy) is 1. The van der Waals surface area contributed by atoms with Gasteiger partial charge in [0, 0.05) is 17.8 Å². The first-order chi connectivity index (χ1) is 16.7. The number of hydrogen-bond acceptors (Lipinski definition) is 6. The zero-order valence-electron chi connectivity index (χ0n) is 19.3. The maximum Gasteiger partial charge on any atom is 0.419 e. The number of hydrogen-bond donors (Lipinski definition) is 3. The SMILES string of the molecule is COc1c(F)ccc2c1C(C)(C)C[C@](O)(C(F)(F)F)[C@H]2NC(=O)c1cnn(-c2ccnc(F)c2)c1N. The minimum absolute atomic E-state index is 0.0835. The molecule has 0 aliphatic heterocycles. The lowest BCUT2D eigenvalue weighted by atomic mass is 9.63. The molecule has 0 bridgehead atoms. The summed E-state index contributed by atoms with van der Waals surface area (Å²) in [6, 6.07) is 2.29. The maximum atomic E-state index is 14.5. The maximum absolute atomic E-state index is 14.5. The topological polar surface area (TPSA) is 115 Å². The second kappa shape index (κ2) is 8.43. The van der Waals surface area contributed by atoms with Crippen LogP contribution in [-0.2, 0) is 5.41 Å². The fourth-order valence-electron chi connectivity index (χ4n) is 4.76. The Morgan fingerprint density at radius 2 is 1.97 bits per heavy atom. The number of anilines is 1. The Balaban J connectivity index is 1.82. The first-order valence-electron chi connectivity index (χ1n) is 10.6. The number of nitrogens with one attached hydrogen (secondary N) is 1. The quantitative estimate of drug-likeness (QED) is 0.364. The van der Waals surface area contributed by atoms with Crippen molar-refractivity contribution in [2.45, 2.75) is 43.5 Å². The summed E-state index contributed by atoms with van der Waals surface area (Å²) in [6.45, 7) is 2.83. The highest BCUT2D eigenvalue weighted by molar-refractivity contribution is 5.98. The van der Waals surface area contributed by atoms with E-state index in [0.717, 1.165) is 35.3 Å². The van der Waals surface area contributed by atoms with Crippen molar-refractivity contribution >= 4 is 11.7 Å². The molecule has 0 radical (unpaired) electrons. The average molecular weight is 511 g/mol. The van der Waals surface area contributed by atoms with Crippen molar-refractivity contribution in [3.8, 4) is 11.4 Å². The van der Waals surface area contributed by atoms with Gasteiger partial charge in [0.1, 0.15) is 11.4 Å². The molecular formula is C23H22F5N5O3. The van der Waals surface area contributed by atoms with E-state index in [1.807, 2.05) is 0 Å². The van der Waals surface area contributed by atoms with Gasteiger partial charge < -0.3 is 20.9 Å². The first kappa shape index (κ1) is 25.4. The summed E-state index contributed by atoms with van der Waals surface area (Å²) in [5.74, 6) is -3.31. The van der Waals surface area contributed by atoms with E-state index in [9.17, 15) is 31.9 Å². The molecule has 8 nitrogen and oxygen atoms in total. The number of pyridine rings is 1. The number of amides is 1. The van der Waals surface area contributed by atoms with Gasteiger partial charge in [-0.2, -0.15) is 22.7 Å². The summed E-state index contributed by atoms with van der Waals surface area (Å²) >= 11 is 0. The molecule has 192 valence electrons. The number of carbonyl (C=O) groups excluding carboxylic acids is 1. The molecule has 3 aromatic rings. The summed E-state index contributed by atoms with van der Waals surface area (Å²) < 4.78 is 77.0. The van der Waals surface area contributed by atoms with E-state index in [1.165, 1.54) is 27.0 Å². The Hall–Kier alpha value is -3.74. The number of alkyl halides is 3. The highest BCUT2D eigenvalue weighted by Gasteiger charge is 2.64. The van der Waals surface area contributed by atoms with Crippen molar-refractivity contribution in [2.75, 3.05) is 12.8 Å². The largest absolute Gasteiger partial charge is 0.493 e. The minimum Gasteiger partial charge on any atom is -0.493 e. The van der Waals surface area contributed by atoms with Gasteiger partial charge in [-0.1, -0.05) is 19.9 Å². The standard InChI is InChI=1S/C23H22F5N5O3/c1-21(2)10-22(35,23(26,27)28)18(12-4-5-14(24)17(36-3)16(12)21)32-20(34)13-9-31-33(19(13)29)11-6-7-30-15(25)8-11/h4-9,18,35H,10,29H2,1-3H3,(H,32,34)/t18-,22+/m0/s1. The Labute approximate surface area is 201 Å². The molecule has 0 fully saturated rings. The lowest BCUT2D eigenvalue weighted by Gasteiger charge is -2.48. The Morgan fingerprint density at radius 1 is 1.28 bits per heavy atom. The second-order valence-electron chi connectivity index (χ2n) is 9.13. The number of benzene rings is 1.